The lowest BCUT2D eigenvalue weighted by Crippen LogP contribution is -2.29. The first kappa shape index (κ1) is 30.3. The Hall–Kier alpha value is 0.260. The second kappa shape index (κ2) is 16.8. The fraction of sp³-hybridized carbons (Fsp3) is 1.00. The van der Waals surface area contributed by atoms with Gasteiger partial charge in [0.15, 0.2) is 0 Å². The third-order valence-corrected chi connectivity index (χ3v) is 9.88. The van der Waals surface area contributed by atoms with Gasteiger partial charge in [-0.2, -0.15) is 0 Å². The van der Waals surface area contributed by atoms with Crippen molar-refractivity contribution in [2.24, 2.45) is 0 Å². The van der Waals surface area contributed by atoms with Crippen LogP contribution < -0.4 is 0 Å². The summed E-state index contributed by atoms with van der Waals surface area (Å²) >= 11 is 0. The second-order valence-electron chi connectivity index (χ2n) is 8.37. The molecule has 2 unspecified atom stereocenters. The van der Waals surface area contributed by atoms with Gasteiger partial charge in [-0.15, -0.1) is 0 Å². The standard InChI is InChI=1S/C21H46O7P2/c1-3-5-6-7-8-9-10-11-12-13-14-15-16-17-18-20-28-30(26,27)21(22,19-4-2)29(23,24)25/h22H,3-20H2,1-2H3,(H,26,27)(H2,23,24,25). The first-order valence-electron chi connectivity index (χ1n) is 11.9. The Morgan fingerprint density at radius 3 is 1.33 bits per heavy atom. The monoisotopic (exact) mass is 472 g/mol. The predicted octanol–water partition coefficient (Wildman–Crippen LogP) is 6.68. The largest absolute Gasteiger partial charge is 0.371 e. The van der Waals surface area contributed by atoms with Crippen LogP contribution in [0.4, 0.5) is 0 Å². The van der Waals surface area contributed by atoms with Crippen molar-refractivity contribution in [1.82, 2.24) is 0 Å². The summed E-state index contributed by atoms with van der Waals surface area (Å²) < 4.78 is 28.6. The third-order valence-electron chi connectivity index (χ3n) is 5.52. The van der Waals surface area contributed by atoms with Gasteiger partial charge in [-0.25, -0.2) is 0 Å². The van der Waals surface area contributed by atoms with Crippen molar-refractivity contribution in [1.29, 1.82) is 0 Å². The molecular weight excluding hydrogens is 426 g/mol. The van der Waals surface area contributed by atoms with Gasteiger partial charge < -0.3 is 24.3 Å². The molecule has 7 nitrogen and oxygen atoms in total. The van der Waals surface area contributed by atoms with Gasteiger partial charge in [-0.05, 0) is 12.8 Å². The van der Waals surface area contributed by atoms with Crippen LogP contribution in [-0.2, 0) is 13.7 Å². The molecule has 0 fully saturated rings. The van der Waals surface area contributed by atoms with E-state index in [2.05, 4.69) is 6.92 Å². The molecule has 0 aromatic heterocycles. The molecule has 0 bridgehead atoms. The Morgan fingerprint density at radius 2 is 1.00 bits per heavy atom. The van der Waals surface area contributed by atoms with Crippen molar-refractivity contribution < 1.29 is 33.4 Å². The van der Waals surface area contributed by atoms with E-state index in [1.165, 1.54) is 70.6 Å². The van der Waals surface area contributed by atoms with Crippen molar-refractivity contribution in [2.75, 3.05) is 6.61 Å². The molecule has 0 aliphatic rings. The lowest BCUT2D eigenvalue weighted by atomic mass is 10.0. The fourth-order valence-corrected chi connectivity index (χ4v) is 6.65. The van der Waals surface area contributed by atoms with Gasteiger partial charge in [0.05, 0.1) is 6.61 Å². The lowest BCUT2D eigenvalue weighted by molar-refractivity contribution is 0.107. The molecule has 0 aliphatic carbocycles. The van der Waals surface area contributed by atoms with Crippen LogP contribution in [0.2, 0.25) is 0 Å². The van der Waals surface area contributed by atoms with E-state index in [-0.39, 0.29) is 13.0 Å². The van der Waals surface area contributed by atoms with Gasteiger partial charge in [-0.3, -0.25) is 9.13 Å². The van der Waals surface area contributed by atoms with Crippen molar-refractivity contribution in [2.45, 2.75) is 128 Å². The van der Waals surface area contributed by atoms with E-state index in [9.17, 15) is 28.9 Å². The highest BCUT2D eigenvalue weighted by Crippen LogP contribution is 2.71. The first-order chi connectivity index (χ1) is 14.1. The maximum Gasteiger partial charge on any atom is 0.371 e. The Morgan fingerprint density at radius 1 is 0.633 bits per heavy atom. The number of hydrogen-bond donors (Lipinski definition) is 4. The van der Waals surface area contributed by atoms with Crippen molar-refractivity contribution in [3.05, 3.63) is 0 Å². The number of unbranched alkanes of at least 4 members (excludes halogenated alkanes) is 14. The molecule has 2 atom stereocenters. The van der Waals surface area contributed by atoms with E-state index < -0.39 is 26.7 Å². The normalized spacial score (nSPS) is 16.3. The zero-order valence-corrected chi connectivity index (χ0v) is 20.9. The van der Waals surface area contributed by atoms with E-state index in [1.807, 2.05) is 0 Å². The molecule has 9 heteroatoms. The minimum absolute atomic E-state index is 0.0991. The van der Waals surface area contributed by atoms with E-state index in [4.69, 9.17) is 4.52 Å². The molecule has 30 heavy (non-hydrogen) atoms. The molecule has 0 amide bonds. The summed E-state index contributed by atoms with van der Waals surface area (Å²) in [5.41, 5.74) is 0. The van der Waals surface area contributed by atoms with Crippen LogP contribution in [0.5, 0.6) is 0 Å². The molecule has 4 N–H and O–H groups in total. The molecule has 0 saturated heterocycles. The molecule has 0 spiro atoms. The quantitative estimate of drug-likeness (QED) is 0.108. The van der Waals surface area contributed by atoms with Crippen LogP contribution in [0.25, 0.3) is 0 Å². The van der Waals surface area contributed by atoms with Gasteiger partial charge in [0.1, 0.15) is 0 Å². The molecule has 0 radical (unpaired) electrons. The van der Waals surface area contributed by atoms with Gasteiger partial charge in [0.25, 0.3) is 5.08 Å². The fourth-order valence-electron chi connectivity index (χ4n) is 3.55. The van der Waals surface area contributed by atoms with Crippen molar-refractivity contribution in [3.8, 4) is 0 Å². The van der Waals surface area contributed by atoms with Crippen LogP contribution in [0.15, 0.2) is 0 Å². The second-order valence-corrected chi connectivity index (χ2v) is 12.6. The Labute approximate surface area is 183 Å². The summed E-state index contributed by atoms with van der Waals surface area (Å²) in [5.74, 6) is 0. The summed E-state index contributed by atoms with van der Waals surface area (Å²) in [4.78, 5) is 28.5. The molecule has 182 valence electrons. The van der Waals surface area contributed by atoms with Crippen LogP contribution in [0.1, 0.15) is 123 Å². The highest BCUT2D eigenvalue weighted by molar-refractivity contribution is 7.72. The Kier molecular flexibility index (Phi) is 17.0. The van der Waals surface area contributed by atoms with Gasteiger partial charge in [0, 0.05) is 0 Å². The van der Waals surface area contributed by atoms with Gasteiger partial charge in [-0.1, -0.05) is 110 Å². The van der Waals surface area contributed by atoms with Crippen molar-refractivity contribution >= 4 is 15.2 Å². The van der Waals surface area contributed by atoms with Crippen LogP contribution in [0.3, 0.4) is 0 Å². The van der Waals surface area contributed by atoms with E-state index in [1.54, 1.807) is 6.92 Å². The van der Waals surface area contributed by atoms with Crippen LogP contribution in [0, 0.1) is 0 Å². The summed E-state index contributed by atoms with van der Waals surface area (Å²) in [6.45, 7) is 3.71. The average molecular weight is 473 g/mol. The van der Waals surface area contributed by atoms with E-state index in [0.29, 0.717) is 6.42 Å². The maximum atomic E-state index is 12.2. The maximum absolute atomic E-state index is 12.2. The highest BCUT2D eigenvalue weighted by atomic mass is 31.2. The van der Waals surface area contributed by atoms with Crippen LogP contribution >= 0.6 is 15.2 Å². The average Bonchev–Trinajstić information content (AvgIpc) is 2.66. The first-order valence-corrected chi connectivity index (χ1v) is 15.1. The minimum atomic E-state index is -5.20. The summed E-state index contributed by atoms with van der Waals surface area (Å²) in [5, 5.41) is 7.08. The van der Waals surface area contributed by atoms with E-state index in [0.717, 1.165) is 19.3 Å². The molecule has 0 rings (SSSR count). The smallest absolute Gasteiger partial charge is 0.368 e. The number of aliphatic hydroxyl groups is 1. The SMILES string of the molecule is CCCCCCCCCCCCCCCCCOP(=O)(O)C(O)(CCC)P(=O)(O)O. The molecule has 0 aromatic carbocycles. The topological polar surface area (TPSA) is 124 Å². The lowest BCUT2D eigenvalue weighted by Gasteiger charge is -2.31. The Balaban J connectivity index is 3.71. The molecule has 0 saturated carbocycles. The summed E-state index contributed by atoms with van der Waals surface area (Å²) in [6.07, 6.45) is 17.6. The molecular formula is C21H46O7P2. The van der Waals surface area contributed by atoms with Crippen LogP contribution in [-0.4, -0.2) is 31.5 Å². The van der Waals surface area contributed by atoms with Gasteiger partial charge in [0.2, 0.25) is 0 Å². The number of hydrogen-bond acceptors (Lipinski definition) is 4. The number of rotatable bonds is 21. The predicted molar refractivity (Wildman–Crippen MR) is 123 cm³/mol. The minimum Gasteiger partial charge on any atom is -0.368 e. The zero-order chi connectivity index (χ0) is 22.9. The summed E-state index contributed by atoms with van der Waals surface area (Å²) in [7, 11) is -10.0. The van der Waals surface area contributed by atoms with Crippen molar-refractivity contribution in [3.63, 3.8) is 0 Å². The Bertz CT molecular complexity index is 510. The zero-order valence-electron chi connectivity index (χ0n) is 19.1. The molecule has 0 aromatic rings. The molecule has 0 aliphatic heterocycles. The third kappa shape index (κ3) is 12.3. The molecule has 0 heterocycles. The highest BCUT2D eigenvalue weighted by Gasteiger charge is 2.59. The summed E-state index contributed by atoms with van der Waals surface area (Å²) in [6, 6.07) is 0. The van der Waals surface area contributed by atoms with Gasteiger partial charge >= 0.3 is 15.2 Å². The van der Waals surface area contributed by atoms with E-state index >= 15 is 0 Å².